The Morgan fingerprint density at radius 2 is 2.00 bits per heavy atom. The molecule has 31 heavy (non-hydrogen) atoms. The molecule has 0 bridgehead atoms. The minimum Gasteiger partial charge on any atom is -0.344 e. The van der Waals surface area contributed by atoms with Crippen LogP contribution in [0.25, 0.3) is 5.57 Å². The molecular formula is C24H24F2N2O3. The van der Waals surface area contributed by atoms with Gasteiger partial charge in [0.2, 0.25) is 0 Å². The van der Waals surface area contributed by atoms with Crippen molar-refractivity contribution in [1.82, 2.24) is 10.4 Å². The molecule has 7 heteroatoms. The first kappa shape index (κ1) is 21.2. The van der Waals surface area contributed by atoms with E-state index in [4.69, 9.17) is 4.84 Å². The fraction of sp³-hybridized carbons (Fsp3) is 0.333. The molecule has 1 saturated carbocycles. The van der Waals surface area contributed by atoms with E-state index in [0.29, 0.717) is 35.4 Å². The molecule has 2 atom stereocenters. The number of carbonyl (C=O) groups is 2. The summed E-state index contributed by atoms with van der Waals surface area (Å²) in [7, 11) is 0. The third-order valence-electron chi connectivity index (χ3n) is 5.68. The predicted molar refractivity (Wildman–Crippen MR) is 111 cm³/mol. The number of hydrogen-bond acceptors (Lipinski definition) is 4. The van der Waals surface area contributed by atoms with Gasteiger partial charge >= 0.3 is 0 Å². The fourth-order valence-electron chi connectivity index (χ4n) is 3.96. The molecule has 0 aromatic heterocycles. The van der Waals surface area contributed by atoms with Gasteiger partial charge in [-0.05, 0) is 42.7 Å². The van der Waals surface area contributed by atoms with Gasteiger partial charge in [-0.3, -0.25) is 19.5 Å². The van der Waals surface area contributed by atoms with Gasteiger partial charge in [0.1, 0.15) is 17.4 Å². The van der Waals surface area contributed by atoms with Gasteiger partial charge in [0, 0.05) is 17.9 Å². The van der Waals surface area contributed by atoms with Crippen LogP contribution < -0.4 is 5.32 Å². The Balaban J connectivity index is 1.70. The first-order valence-electron chi connectivity index (χ1n) is 10.4. The van der Waals surface area contributed by atoms with Gasteiger partial charge in [0.05, 0.1) is 30.5 Å². The van der Waals surface area contributed by atoms with Crippen LogP contribution in [0.5, 0.6) is 0 Å². The highest BCUT2D eigenvalue weighted by molar-refractivity contribution is 6.21. The number of allylic oxidation sites excluding steroid dienone is 1. The van der Waals surface area contributed by atoms with Gasteiger partial charge in [-0.1, -0.05) is 31.2 Å². The summed E-state index contributed by atoms with van der Waals surface area (Å²) in [6.07, 6.45) is 1.09. The zero-order chi connectivity index (χ0) is 22.1. The molecule has 4 rings (SSSR count). The quantitative estimate of drug-likeness (QED) is 0.717. The number of ketones is 1. The van der Waals surface area contributed by atoms with Crippen LogP contribution in [0.3, 0.4) is 0 Å². The second kappa shape index (κ2) is 8.59. The van der Waals surface area contributed by atoms with E-state index in [-0.39, 0.29) is 17.9 Å². The first-order valence-corrected chi connectivity index (χ1v) is 10.4. The van der Waals surface area contributed by atoms with Crippen LogP contribution >= 0.6 is 0 Å². The van der Waals surface area contributed by atoms with Gasteiger partial charge in [-0.15, -0.1) is 0 Å². The van der Waals surface area contributed by atoms with E-state index < -0.39 is 29.5 Å². The van der Waals surface area contributed by atoms with Crippen molar-refractivity contribution in [3.63, 3.8) is 0 Å². The molecule has 1 N–H and O–H groups in total. The summed E-state index contributed by atoms with van der Waals surface area (Å²) in [4.78, 5) is 31.1. The van der Waals surface area contributed by atoms with Crippen molar-refractivity contribution < 1.29 is 23.2 Å². The lowest BCUT2D eigenvalue weighted by Crippen LogP contribution is -2.36. The van der Waals surface area contributed by atoms with Crippen LogP contribution in [0, 0.1) is 17.6 Å². The minimum atomic E-state index is -0.653. The van der Waals surface area contributed by atoms with E-state index in [1.807, 2.05) is 6.92 Å². The van der Waals surface area contributed by atoms with Crippen LogP contribution in [0.2, 0.25) is 0 Å². The lowest BCUT2D eigenvalue weighted by Gasteiger charge is -2.33. The lowest BCUT2D eigenvalue weighted by atomic mass is 9.92. The van der Waals surface area contributed by atoms with Gasteiger partial charge in [-0.2, -0.15) is 0 Å². The molecular weight excluding hydrogens is 402 g/mol. The van der Waals surface area contributed by atoms with E-state index in [1.165, 1.54) is 23.3 Å². The minimum absolute atomic E-state index is 0.0169. The molecule has 1 aliphatic carbocycles. The van der Waals surface area contributed by atoms with E-state index in [9.17, 15) is 18.4 Å². The summed E-state index contributed by atoms with van der Waals surface area (Å²) in [5, 5.41) is 4.43. The van der Waals surface area contributed by atoms with Gasteiger partial charge in [0.25, 0.3) is 5.91 Å². The van der Waals surface area contributed by atoms with E-state index in [0.717, 1.165) is 6.42 Å². The van der Waals surface area contributed by atoms with Crippen LogP contribution in [-0.2, 0) is 21.0 Å². The SMILES string of the molecule is CCCON1Cc2c(F)cccc2C(C(=O)N[C@H](c2cccc(F)c2)C2CC2=O)=C1C. The highest BCUT2D eigenvalue weighted by Crippen LogP contribution is 2.39. The van der Waals surface area contributed by atoms with Crippen molar-refractivity contribution in [3.05, 3.63) is 76.5 Å². The summed E-state index contributed by atoms with van der Waals surface area (Å²) in [5.74, 6) is -1.69. The van der Waals surface area contributed by atoms with Crippen LogP contribution in [0.1, 0.15) is 49.4 Å². The average molecular weight is 426 g/mol. The van der Waals surface area contributed by atoms with Crippen LogP contribution in [0.4, 0.5) is 8.78 Å². The third-order valence-corrected chi connectivity index (χ3v) is 5.68. The summed E-state index contributed by atoms with van der Waals surface area (Å²) in [6.45, 7) is 4.33. The van der Waals surface area contributed by atoms with Gasteiger partial charge < -0.3 is 5.32 Å². The third kappa shape index (κ3) is 4.23. The van der Waals surface area contributed by atoms with Crippen molar-refractivity contribution in [2.24, 2.45) is 5.92 Å². The zero-order valence-electron chi connectivity index (χ0n) is 17.5. The highest BCUT2D eigenvalue weighted by atomic mass is 19.1. The number of amides is 1. The summed E-state index contributed by atoms with van der Waals surface area (Å²) in [5.41, 5.74) is 2.23. The lowest BCUT2D eigenvalue weighted by molar-refractivity contribution is -0.140. The topological polar surface area (TPSA) is 58.6 Å². The molecule has 1 fully saturated rings. The molecule has 1 heterocycles. The number of hydrogen-bond donors (Lipinski definition) is 1. The van der Waals surface area contributed by atoms with Crippen molar-refractivity contribution >= 4 is 17.3 Å². The van der Waals surface area contributed by atoms with Gasteiger partial charge in [-0.25, -0.2) is 8.78 Å². The maximum Gasteiger partial charge on any atom is 0.254 e. The number of nitrogens with zero attached hydrogens (tertiary/aromatic N) is 1. The van der Waals surface area contributed by atoms with Crippen LogP contribution in [-0.4, -0.2) is 23.4 Å². The molecule has 162 valence electrons. The van der Waals surface area contributed by atoms with E-state index >= 15 is 0 Å². The molecule has 5 nitrogen and oxygen atoms in total. The number of nitrogens with one attached hydrogen (secondary N) is 1. The summed E-state index contributed by atoms with van der Waals surface area (Å²) in [6, 6.07) is 9.83. The number of benzene rings is 2. The molecule has 2 aromatic carbocycles. The van der Waals surface area contributed by atoms with Crippen LogP contribution in [0.15, 0.2) is 48.2 Å². The number of Topliss-reactive ketones (excluding diaryl/α,β-unsaturated/α-hetero) is 1. The Hall–Kier alpha value is -3.06. The van der Waals surface area contributed by atoms with Crippen molar-refractivity contribution in [1.29, 1.82) is 0 Å². The maximum absolute atomic E-state index is 14.6. The Labute approximate surface area is 179 Å². The second-order valence-corrected chi connectivity index (χ2v) is 7.88. The normalized spacial score (nSPS) is 18.6. The number of halogens is 2. The highest BCUT2D eigenvalue weighted by Gasteiger charge is 2.44. The smallest absolute Gasteiger partial charge is 0.254 e. The Morgan fingerprint density at radius 3 is 2.68 bits per heavy atom. The Morgan fingerprint density at radius 1 is 1.26 bits per heavy atom. The zero-order valence-corrected chi connectivity index (χ0v) is 17.5. The summed E-state index contributed by atoms with van der Waals surface area (Å²) < 4.78 is 28.4. The molecule has 1 aliphatic heterocycles. The molecule has 1 amide bonds. The standard InChI is InChI=1S/C24H24F2N2O3/c1-3-10-31-28-13-19-17(8-5-9-20(19)26)22(14(28)2)24(30)27-23(18-12-21(18)29)15-6-4-7-16(25)11-15/h4-9,11,18,23H,3,10,12-13H2,1-2H3,(H,27,30)/t18?,23-/m1/s1. The largest absolute Gasteiger partial charge is 0.344 e. The fourth-order valence-corrected chi connectivity index (χ4v) is 3.96. The molecule has 2 aliphatic rings. The van der Waals surface area contributed by atoms with E-state index in [2.05, 4.69) is 5.32 Å². The monoisotopic (exact) mass is 426 g/mol. The number of fused-ring (bicyclic) bond motifs is 1. The van der Waals surface area contributed by atoms with Crippen molar-refractivity contribution in [2.45, 2.75) is 39.3 Å². The molecule has 0 radical (unpaired) electrons. The maximum atomic E-state index is 14.6. The molecule has 2 aromatic rings. The molecule has 0 saturated heterocycles. The number of carbonyl (C=O) groups excluding carboxylic acids is 2. The predicted octanol–water partition coefficient (Wildman–Crippen LogP) is 4.30. The van der Waals surface area contributed by atoms with Crippen molar-refractivity contribution in [3.8, 4) is 0 Å². The molecule has 0 spiro atoms. The Kier molecular flexibility index (Phi) is 5.87. The second-order valence-electron chi connectivity index (χ2n) is 7.88. The van der Waals surface area contributed by atoms with E-state index in [1.54, 1.807) is 31.2 Å². The first-order chi connectivity index (χ1) is 14.9. The number of rotatable bonds is 7. The van der Waals surface area contributed by atoms with Gasteiger partial charge in [0.15, 0.2) is 0 Å². The Bertz CT molecular complexity index is 1070. The summed E-state index contributed by atoms with van der Waals surface area (Å²) >= 11 is 0. The number of hydroxylamine groups is 2. The average Bonchev–Trinajstić information content (AvgIpc) is 3.47. The van der Waals surface area contributed by atoms with Crippen molar-refractivity contribution in [2.75, 3.05) is 6.61 Å². The molecule has 1 unspecified atom stereocenters.